The number of benzene rings is 3. The van der Waals surface area contributed by atoms with Crippen LogP contribution >= 0.6 is 11.6 Å². The largest absolute Gasteiger partial charge is 0.460 e. The molecule has 2 fully saturated rings. The lowest BCUT2D eigenvalue weighted by Gasteiger charge is -2.45. The molecule has 1 aromatic heterocycles. The summed E-state index contributed by atoms with van der Waals surface area (Å²) < 4.78 is 42.2. The van der Waals surface area contributed by atoms with Crippen LogP contribution in [0.5, 0.6) is 0 Å². The maximum atomic E-state index is 14.4. The predicted molar refractivity (Wildman–Crippen MR) is 168 cm³/mol. The van der Waals surface area contributed by atoms with E-state index < -0.39 is 39.8 Å². The van der Waals surface area contributed by atoms with Gasteiger partial charge in [-0.1, -0.05) is 60.1 Å². The molecule has 1 aliphatic carbocycles. The van der Waals surface area contributed by atoms with Crippen LogP contribution in [0.2, 0.25) is 5.02 Å². The van der Waals surface area contributed by atoms with Crippen molar-refractivity contribution in [2.75, 3.05) is 6.54 Å². The van der Waals surface area contributed by atoms with Gasteiger partial charge >= 0.3 is 5.97 Å². The number of carbonyl (C=O) groups excluding carboxylic acids is 2. The maximum absolute atomic E-state index is 14.4. The lowest BCUT2D eigenvalue weighted by atomic mass is 9.93. The number of carbonyl (C=O) groups is 2. The minimum Gasteiger partial charge on any atom is -0.460 e. The monoisotopic (exact) mass is 634 g/mol. The van der Waals surface area contributed by atoms with E-state index in [1.807, 2.05) is 24.3 Å². The van der Waals surface area contributed by atoms with Crippen molar-refractivity contribution in [2.45, 2.75) is 68.8 Å². The number of nitrogens with zero attached hydrogens (tertiary/aromatic N) is 2. The van der Waals surface area contributed by atoms with Crippen LogP contribution in [-0.4, -0.2) is 47.4 Å². The zero-order valence-corrected chi connectivity index (χ0v) is 26.4. The van der Waals surface area contributed by atoms with Crippen LogP contribution < -0.4 is 0 Å². The van der Waals surface area contributed by atoms with Crippen molar-refractivity contribution in [3.05, 3.63) is 101 Å². The highest BCUT2D eigenvalue weighted by Crippen LogP contribution is 2.47. The first-order valence-electron chi connectivity index (χ1n) is 14.8. The van der Waals surface area contributed by atoms with Gasteiger partial charge in [0.2, 0.25) is 0 Å². The Bertz CT molecular complexity index is 1810. The van der Waals surface area contributed by atoms with Gasteiger partial charge in [0.15, 0.2) is 0 Å². The molecule has 0 N–H and O–H groups in total. The van der Waals surface area contributed by atoms with Gasteiger partial charge in [-0.3, -0.25) is 9.59 Å². The van der Waals surface area contributed by atoms with E-state index in [9.17, 15) is 18.0 Å². The molecule has 44 heavy (non-hydrogen) atoms. The first-order chi connectivity index (χ1) is 20.9. The Morgan fingerprint density at radius 1 is 0.977 bits per heavy atom. The average molecular weight is 635 g/mol. The van der Waals surface area contributed by atoms with E-state index in [0.717, 1.165) is 12.8 Å². The molecule has 1 saturated heterocycles. The summed E-state index contributed by atoms with van der Waals surface area (Å²) in [4.78, 5) is 29.1. The molecule has 0 spiro atoms. The summed E-state index contributed by atoms with van der Waals surface area (Å²) in [6.07, 6.45) is -0.298. The Morgan fingerprint density at radius 3 is 2.36 bits per heavy atom. The third kappa shape index (κ3) is 6.14. The van der Waals surface area contributed by atoms with Crippen LogP contribution in [0.15, 0.2) is 89.8 Å². The van der Waals surface area contributed by atoms with Crippen molar-refractivity contribution in [1.82, 2.24) is 8.87 Å². The fourth-order valence-electron chi connectivity index (χ4n) is 5.83. The molecule has 10 heteroatoms. The molecule has 6 rings (SSSR count). The Balaban J connectivity index is 1.54. The minimum absolute atomic E-state index is 0.126. The van der Waals surface area contributed by atoms with Crippen LogP contribution in [0.1, 0.15) is 63.4 Å². The number of esters is 1. The Kier molecular flexibility index (Phi) is 8.07. The number of ether oxygens (including phenoxy) is 2. The smallest absolute Gasteiger partial charge is 0.309 e. The highest BCUT2D eigenvalue weighted by atomic mass is 35.5. The van der Waals surface area contributed by atoms with Crippen LogP contribution in [0, 0.1) is 5.92 Å². The Labute approximate surface area is 262 Å². The van der Waals surface area contributed by atoms with Gasteiger partial charge in [0.25, 0.3) is 15.9 Å². The molecule has 1 amide bonds. The normalized spacial score (nSPS) is 21.0. The molecule has 230 valence electrons. The zero-order valence-electron chi connectivity index (χ0n) is 24.9. The fourth-order valence-corrected chi connectivity index (χ4v) is 7.60. The number of rotatable bonds is 8. The molecular formula is C34H35ClN2O6S. The van der Waals surface area contributed by atoms with Gasteiger partial charge in [-0.15, -0.1) is 0 Å². The molecule has 4 aromatic rings. The minimum atomic E-state index is -4.10. The highest BCUT2D eigenvalue weighted by Gasteiger charge is 2.48. The Hall–Kier alpha value is -3.66. The SMILES string of the molecule is CC(C)(C)OC(=O)C[C@H]1O[C@H](c2cccc(Cl)c2)C(c2cc3ccccc3n2S(=O)(=O)c2ccccc2)N(CC2CC2)C1=O. The maximum Gasteiger partial charge on any atom is 0.309 e. The van der Waals surface area contributed by atoms with Crippen molar-refractivity contribution in [3.63, 3.8) is 0 Å². The number of amides is 1. The van der Waals surface area contributed by atoms with Crippen LogP contribution in [-0.2, 0) is 29.1 Å². The highest BCUT2D eigenvalue weighted by molar-refractivity contribution is 7.90. The summed E-state index contributed by atoms with van der Waals surface area (Å²) in [5.41, 5.74) is 0.818. The lowest BCUT2D eigenvalue weighted by Crippen LogP contribution is -2.52. The van der Waals surface area contributed by atoms with Gasteiger partial charge < -0.3 is 14.4 Å². The zero-order chi connectivity index (χ0) is 31.2. The fraction of sp³-hybridized carbons (Fsp3) is 0.353. The van der Waals surface area contributed by atoms with Gasteiger partial charge in [-0.05, 0) is 81.5 Å². The van der Waals surface area contributed by atoms with Crippen LogP contribution in [0.25, 0.3) is 10.9 Å². The second-order valence-electron chi connectivity index (χ2n) is 12.5. The number of hydrogen-bond acceptors (Lipinski definition) is 6. The molecule has 3 atom stereocenters. The van der Waals surface area contributed by atoms with E-state index in [1.54, 1.807) is 86.3 Å². The molecule has 0 bridgehead atoms. The van der Waals surface area contributed by atoms with Crippen molar-refractivity contribution in [1.29, 1.82) is 0 Å². The quantitative estimate of drug-likeness (QED) is 0.201. The molecule has 1 saturated carbocycles. The summed E-state index contributed by atoms with van der Waals surface area (Å²) in [7, 11) is -4.10. The van der Waals surface area contributed by atoms with E-state index in [-0.39, 0.29) is 23.1 Å². The summed E-state index contributed by atoms with van der Waals surface area (Å²) in [5.74, 6) is -0.656. The lowest BCUT2D eigenvalue weighted by molar-refractivity contribution is -0.183. The van der Waals surface area contributed by atoms with Crippen LogP contribution in [0.4, 0.5) is 0 Å². The van der Waals surface area contributed by atoms with Gasteiger partial charge in [0, 0.05) is 17.0 Å². The van der Waals surface area contributed by atoms with E-state index >= 15 is 0 Å². The number of aromatic nitrogens is 1. The average Bonchev–Trinajstić information content (AvgIpc) is 3.71. The molecule has 1 aliphatic heterocycles. The molecule has 2 heterocycles. The number of morpholine rings is 1. The molecule has 0 radical (unpaired) electrons. The first-order valence-corrected chi connectivity index (χ1v) is 16.6. The van der Waals surface area contributed by atoms with E-state index in [0.29, 0.717) is 33.7 Å². The standard InChI is InChI=1S/C34H35ClN2O6S/c1-34(2,3)43-30(38)20-29-33(39)36(21-22-16-17-22)31(32(42-29)24-11-9-12-25(35)18-24)28-19-23-10-7-8-15-27(23)37(28)44(40,41)26-13-5-4-6-14-26/h4-15,18-19,22,29,31-32H,16-17,20-21H2,1-3H3/t29-,31?,32-/m1/s1. The van der Waals surface area contributed by atoms with Crippen molar-refractivity contribution < 1.29 is 27.5 Å². The molecule has 8 nitrogen and oxygen atoms in total. The van der Waals surface area contributed by atoms with Gasteiger partial charge in [-0.2, -0.15) is 0 Å². The number of halogens is 1. The molecule has 2 aliphatic rings. The van der Waals surface area contributed by atoms with Crippen LogP contribution in [0.3, 0.4) is 0 Å². The first kappa shape index (κ1) is 30.4. The van der Waals surface area contributed by atoms with Gasteiger partial charge in [0.05, 0.1) is 22.5 Å². The van der Waals surface area contributed by atoms with Gasteiger partial charge in [0.1, 0.15) is 23.9 Å². The summed E-state index contributed by atoms with van der Waals surface area (Å²) in [5, 5.41) is 1.18. The van der Waals surface area contributed by atoms with Crippen molar-refractivity contribution >= 4 is 44.4 Å². The van der Waals surface area contributed by atoms with Crippen molar-refractivity contribution in [2.24, 2.45) is 5.92 Å². The van der Waals surface area contributed by atoms with E-state index in [2.05, 4.69) is 0 Å². The summed E-state index contributed by atoms with van der Waals surface area (Å²) in [6.45, 7) is 5.71. The van der Waals surface area contributed by atoms with Crippen molar-refractivity contribution in [3.8, 4) is 0 Å². The van der Waals surface area contributed by atoms with Gasteiger partial charge in [-0.25, -0.2) is 12.4 Å². The summed E-state index contributed by atoms with van der Waals surface area (Å²) >= 11 is 6.45. The van der Waals surface area contributed by atoms with E-state index in [1.165, 1.54) is 3.97 Å². The molecular weight excluding hydrogens is 600 g/mol. The summed E-state index contributed by atoms with van der Waals surface area (Å²) in [6, 6.07) is 23.6. The third-order valence-corrected chi connectivity index (χ3v) is 9.86. The third-order valence-electron chi connectivity index (χ3n) is 7.87. The van der Waals surface area contributed by atoms with E-state index in [4.69, 9.17) is 21.1 Å². The second-order valence-corrected chi connectivity index (χ2v) is 14.7. The number of para-hydroxylation sites is 1. The molecule has 1 unspecified atom stereocenters. The topological polar surface area (TPSA) is 94.9 Å². The predicted octanol–water partition coefficient (Wildman–Crippen LogP) is 6.68. The second kappa shape index (κ2) is 11.7. The Morgan fingerprint density at radius 2 is 1.68 bits per heavy atom. The number of hydrogen-bond donors (Lipinski definition) is 0. The number of fused-ring (bicyclic) bond motifs is 1. The molecule has 3 aromatic carbocycles.